The molecule has 2 aromatic carbocycles. The minimum atomic E-state index is -0.279. The molecule has 0 radical (unpaired) electrons. The van der Waals surface area contributed by atoms with E-state index < -0.39 is 0 Å². The molecule has 27 heavy (non-hydrogen) atoms. The van der Waals surface area contributed by atoms with Crippen LogP contribution in [0.15, 0.2) is 54.7 Å². The van der Waals surface area contributed by atoms with Gasteiger partial charge in [-0.2, -0.15) is 5.10 Å². The molecule has 136 valence electrons. The van der Waals surface area contributed by atoms with Crippen LogP contribution in [0.4, 0.5) is 4.39 Å². The van der Waals surface area contributed by atoms with Crippen LogP contribution in [-0.2, 0) is 6.54 Å². The zero-order valence-electron chi connectivity index (χ0n) is 15.1. The summed E-state index contributed by atoms with van der Waals surface area (Å²) >= 11 is 0. The van der Waals surface area contributed by atoms with Crippen LogP contribution in [0.1, 0.15) is 21.6 Å². The van der Waals surface area contributed by atoms with Crippen molar-refractivity contribution < 1.29 is 9.18 Å². The lowest BCUT2D eigenvalue weighted by Gasteiger charge is -2.16. The van der Waals surface area contributed by atoms with Gasteiger partial charge < -0.3 is 9.88 Å². The molecule has 0 unspecified atom stereocenters. The van der Waals surface area contributed by atoms with Crippen molar-refractivity contribution in [2.45, 2.75) is 13.5 Å². The van der Waals surface area contributed by atoms with Crippen molar-refractivity contribution in [3.05, 3.63) is 77.4 Å². The van der Waals surface area contributed by atoms with E-state index in [4.69, 9.17) is 0 Å². The van der Waals surface area contributed by atoms with Gasteiger partial charge in [-0.1, -0.05) is 23.8 Å². The third-order valence-corrected chi connectivity index (χ3v) is 4.57. The number of fused-ring (bicyclic) bond motifs is 1. The summed E-state index contributed by atoms with van der Waals surface area (Å²) in [6.07, 6.45) is 1.55. The first-order valence-electron chi connectivity index (χ1n) is 8.64. The number of aryl methyl sites for hydroxylation is 1. The zero-order valence-corrected chi connectivity index (χ0v) is 15.1. The van der Waals surface area contributed by atoms with Crippen LogP contribution < -0.4 is 0 Å². The van der Waals surface area contributed by atoms with E-state index in [1.807, 2.05) is 37.3 Å². The molecule has 1 amide bonds. The van der Waals surface area contributed by atoms with Gasteiger partial charge in [0, 0.05) is 29.2 Å². The highest BCUT2D eigenvalue weighted by Gasteiger charge is 2.19. The smallest absolute Gasteiger partial charge is 0.257 e. The Morgan fingerprint density at radius 1 is 1.19 bits per heavy atom. The number of amides is 1. The van der Waals surface area contributed by atoms with Crippen LogP contribution in [0.5, 0.6) is 0 Å². The van der Waals surface area contributed by atoms with Crippen LogP contribution in [0, 0.1) is 12.7 Å². The average Bonchev–Trinajstić information content (AvgIpc) is 3.27. The van der Waals surface area contributed by atoms with E-state index in [0.29, 0.717) is 17.8 Å². The fraction of sp³-hybridized carbons (Fsp3) is 0.143. The van der Waals surface area contributed by atoms with Crippen LogP contribution in [-0.4, -0.2) is 33.0 Å². The maximum atomic E-state index is 13.4. The number of aromatic nitrogens is 3. The molecule has 0 saturated carbocycles. The molecule has 0 bridgehead atoms. The Morgan fingerprint density at radius 2 is 2.04 bits per heavy atom. The van der Waals surface area contributed by atoms with E-state index in [9.17, 15) is 9.18 Å². The minimum Gasteiger partial charge on any atom is -0.357 e. The molecule has 0 atom stereocenters. The number of rotatable bonds is 4. The minimum absolute atomic E-state index is 0.134. The van der Waals surface area contributed by atoms with Crippen LogP contribution in [0.25, 0.3) is 22.2 Å². The Balaban J connectivity index is 1.58. The highest BCUT2D eigenvalue weighted by Crippen LogP contribution is 2.24. The lowest BCUT2D eigenvalue weighted by molar-refractivity contribution is 0.0784. The van der Waals surface area contributed by atoms with E-state index in [0.717, 1.165) is 27.7 Å². The molecular weight excluding hydrogens is 343 g/mol. The average molecular weight is 362 g/mol. The second-order valence-electron chi connectivity index (χ2n) is 6.72. The first kappa shape index (κ1) is 17.0. The Hall–Kier alpha value is -3.41. The summed E-state index contributed by atoms with van der Waals surface area (Å²) in [5.41, 5.74) is 4.94. The number of hydrogen-bond acceptors (Lipinski definition) is 2. The molecular formula is C21H19FN4O. The normalized spacial score (nSPS) is 11.1. The van der Waals surface area contributed by atoms with Gasteiger partial charge in [0.15, 0.2) is 0 Å². The fourth-order valence-corrected chi connectivity index (χ4v) is 3.25. The van der Waals surface area contributed by atoms with Gasteiger partial charge in [0.2, 0.25) is 0 Å². The maximum Gasteiger partial charge on any atom is 0.257 e. The number of aromatic amines is 2. The molecule has 6 heteroatoms. The molecule has 0 fully saturated rings. The van der Waals surface area contributed by atoms with E-state index >= 15 is 0 Å². The first-order valence-corrected chi connectivity index (χ1v) is 8.64. The summed E-state index contributed by atoms with van der Waals surface area (Å²) in [6, 6.07) is 14.4. The maximum absolute atomic E-state index is 13.4. The number of hydrogen-bond donors (Lipinski definition) is 2. The van der Waals surface area contributed by atoms with Gasteiger partial charge in [0.25, 0.3) is 5.91 Å². The van der Waals surface area contributed by atoms with Crippen molar-refractivity contribution in [3.8, 4) is 11.3 Å². The largest absolute Gasteiger partial charge is 0.357 e. The third kappa shape index (κ3) is 3.33. The second-order valence-corrected chi connectivity index (χ2v) is 6.72. The van der Waals surface area contributed by atoms with Gasteiger partial charge in [-0.25, -0.2) is 4.39 Å². The van der Waals surface area contributed by atoms with Crippen molar-refractivity contribution in [1.82, 2.24) is 20.1 Å². The molecule has 0 saturated heterocycles. The molecule has 2 N–H and O–H groups in total. The summed E-state index contributed by atoms with van der Waals surface area (Å²) in [5.74, 6) is -0.413. The molecule has 2 aromatic heterocycles. The van der Waals surface area contributed by atoms with Crippen molar-refractivity contribution in [3.63, 3.8) is 0 Å². The molecule has 4 aromatic rings. The molecule has 2 heterocycles. The first-order chi connectivity index (χ1) is 13.0. The molecule has 0 aliphatic heterocycles. The molecule has 4 rings (SSSR count). The number of carbonyl (C=O) groups is 1. The summed E-state index contributed by atoms with van der Waals surface area (Å²) in [7, 11) is 1.74. The predicted octanol–water partition coefficient (Wildman–Crippen LogP) is 4.28. The fourth-order valence-electron chi connectivity index (χ4n) is 3.25. The molecule has 0 aliphatic rings. The van der Waals surface area contributed by atoms with Gasteiger partial charge in [-0.3, -0.25) is 9.89 Å². The lowest BCUT2D eigenvalue weighted by atomic mass is 10.1. The number of nitrogens with zero attached hydrogens (tertiary/aromatic N) is 2. The molecule has 5 nitrogen and oxygen atoms in total. The van der Waals surface area contributed by atoms with Gasteiger partial charge in [0.1, 0.15) is 5.82 Å². The molecule has 0 spiro atoms. The van der Waals surface area contributed by atoms with Crippen molar-refractivity contribution in [1.29, 1.82) is 0 Å². The Morgan fingerprint density at radius 3 is 2.85 bits per heavy atom. The third-order valence-electron chi connectivity index (χ3n) is 4.57. The second kappa shape index (κ2) is 6.72. The van der Waals surface area contributed by atoms with E-state index in [1.54, 1.807) is 24.2 Å². The predicted molar refractivity (Wildman–Crippen MR) is 103 cm³/mol. The summed E-state index contributed by atoms with van der Waals surface area (Å²) < 4.78 is 13.4. The number of carbonyl (C=O) groups excluding carboxylic acids is 1. The van der Waals surface area contributed by atoms with E-state index in [2.05, 4.69) is 15.2 Å². The standard InChI is InChI=1S/C21H19FN4O/c1-13-4-3-5-14(8-13)20-18(11-23-25-20)21(27)26(2)12-17-10-15-9-16(22)6-7-19(15)24-17/h3-11,24H,12H2,1-2H3,(H,23,25). The van der Waals surface area contributed by atoms with Crippen LogP contribution in [0.3, 0.4) is 0 Å². The van der Waals surface area contributed by atoms with Gasteiger partial charge in [-0.05, 0) is 37.3 Å². The number of benzene rings is 2. The quantitative estimate of drug-likeness (QED) is 0.569. The van der Waals surface area contributed by atoms with Crippen molar-refractivity contribution in [2.24, 2.45) is 0 Å². The van der Waals surface area contributed by atoms with Crippen molar-refractivity contribution >= 4 is 16.8 Å². The Kier molecular flexibility index (Phi) is 4.24. The molecule has 0 aliphatic carbocycles. The zero-order chi connectivity index (χ0) is 19.0. The lowest BCUT2D eigenvalue weighted by Crippen LogP contribution is -2.26. The van der Waals surface area contributed by atoms with Gasteiger partial charge in [0.05, 0.1) is 24.0 Å². The van der Waals surface area contributed by atoms with Crippen LogP contribution in [0.2, 0.25) is 0 Å². The van der Waals surface area contributed by atoms with Crippen LogP contribution >= 0.6 is 0 Å². The summed E-state index contributed by atoms with van der Waals surface area (Å²) in [4.78, 5) is 17.8. The Labute approximate surface area is 155 Å². The topological polar surface area (TPSA) is 64.8 Å². The van der Waals surface area contributed by atoms with Gasteiger partial charge in [-0.15, -0.1) is 0 Å². The van der Waals surface area contributed by atoms with E-state index in [1.165, 1.54) is 12.1 Å². The Bertz CT molecular complexity index is 1130. The number of H-pyrrole nitrogens is 2. The highest BCUT2D eigenvalue weighted by atomic mass is 19.1. The number of nitrogens with one attached hydrogen (secondary N) is 2. The summed E-state index contributed by atoms with van der Waals surface area (Å²) in [6.45, 7) is 2.39. The SMILES string of the molecule is Cc1cccc(-c2[nH]ncc2C(=O)N(C)Cc2cc3cc(F)ccc3[nH]2)c1. The summed E-state index contributed by atoms with van der Waals surface area (Å²) in [5, 5.41) is 7.78. The van der Waals surface area contributed by atoms with Crippen molar-refractivity contribution in [2.75, 3.05) is 7.05 Å². The van der Waals surface area contributed by atoms with Gasteiger partial charge >= 0.3 is 0 Å². The number of halogens is 1. The monoisotopic (exact) mass is 362 g/mol. The van der Waals surface area contributed by atoms with E-state index in [-0.39, 0.29) is 11.7 Å². The highest BCUT2D eigenvalue weighted by molar-refractivity contribution is 5.99.